The number of piperidine rings is 3. The minimum atomic E-state index is 0.618. The van der Waals surface area contributed by atoms with E-state index >= 15 is 0 Å². The molecule has 3 aliphatic heterocycles. The Morgan fingerprint density at radius 3 is 2.71 bits per heavy atom. The zero-order valence-corrected chi connectivity index (χ0v) is 14.2. The van der Waals surface area contributed by atoms with E-state index < -0.39 is 0 Å². The van der Waals surface area contributed by atoms with Crippen LogP contribution in [0.5, 0.6) is 0 Å². The highest BCUT2D eigenvalue weighted by atomic mass is 15.2. The summed E-state index contributed by atoms with van der Waals surface area (Å²) in [5.41, 5.74) is 0.618. The van der Waals surface area contributed by atoms with Crippen LogP contribution in [-0.4, -0.2) is 62.2 Å². The van der Waals surface area contributed by atoms with E-state index in [0.29, 0.717) is 5.41 Å². The lowest BCUT2D eigenvalue weighted by atomic mass is 9.74. The van der Waals surface area contributed by atoms with Crippen molar-refractivity contribution in [1.29, 1.82) is 0 Å². The summed E-state index contributed by atoms with van der Waals surface area (Å²) in [5.74, 6) is 0.942. The van der Waals surface area contributed by atoms with E-state index in [-0.39, 0.29) is 0 Å². The second kappa shape index (κ2) is 6.97. The molecule has 1 N–H and O–H groups in total. The number of nitrogens with one attached hydrogen (secondary N) is 1. The normalized spacial score (nSPS) is 34.6. The Morgan fingerprint density at radius 2 is 1.95 bits per heavy atom. The highest BCUT2D eigenvalue weighted by Gasteiger charge is 2.38. The average Bonchev–Trinajstić information content (AvgIpc) is 2.48. The van der Waals surface area contributed by atoms with Crippen LogP contribution in [0.15, 0.2) is 0 Å². The molecule has 3 saturated heterocycles. The van der Waals surface area contributed by atoms with E-state index in [1.54, 1.807) is 0 Å². The number of likely N-dealkylation sites (tertiary alicyclic amines) is 2. The fraction of sp³-hybridized carbons (Fsp3) is 1.00. The smallest absolute Gasteiger partial charge is 0.0145 e. The van der Waals surface area contributed by atoms with Gasteiger partial charge in [-0.05, 0) is 83.1 Å². The van der Waals surface area contributed by atoms with Gasteiger partial charge in [0, 0.05) is 19.1 Å². The van der Waals surface area contributed by atoms with Crippen molar-refractivity contribution in [1.82, 2.24) is 15.1 Å². The fourth-order valence-electron chi connectivity index (χ4n) is 5.32. The molecule has 0 amide bonds. The van der Waals surface area contributed by atoms with Crippen LogP contribution < -0.4 is 5.32 Å². The summed E-state index contributed by atoms with van der Waals surface area (Å²) in [4.78, 5) is 5.47. The first-order valence-electron chi connectivity index (χ1n) is 9.36. The predicted molar refractivity (Wildman–Crippen MR) is 89.6 cm³/mol. The molecule has 0 saturated carbocycles. The van der Waals surface area contributed by atoms with Crippen molar-refractivity contribution in [2.45, 2.75) is 57.9 Å². The molecule has 0 aromatic carbocycles. The van der Waals surface area contributed by atoms with Gasteiger partial charge in [-0.3, -0.25) is 0 Å². The van der Waals surface area contributed by atoms with Crippen molar-refractivity contribution in [2.75, 3.05) is 46.3 Å². The quantitative estimate of drug-likeness (QED) is 0.859. The zero-order valence-electron chi connectivity index (χ0n) is 14.2. The minimum absolute atomic E-state index is 0.618. The molecular formula is C18H35N3. The molecule has 3 aliphatic rings. The molecule has 3 heterocycles. The molecule has 3 rings (SSSR count). The molecule has 0 aromatic rings. The van der Waals surface area contributed by atoms with Crippen molar-refractivity contribution in [3.8, 4) is 0 Å². The topological polar surface area (TPSA) is 18.5 Å². The molecule has 2 atom stereocenters. The van der Waals surface area contributed by atoms with E-state index in [0.717, 1.165) is 12.0 Å². The van der Waals surface area contributed by atoms with Gasteiger partial charge in [0.25, 0.3) is 0 Å². The summed E-state index contributed by atoms with van der Waals surface area (Å²) in [6.07, 6.45) is 9.85. The lowest BCUT2D eigenvalue weighted by Crippen LogP contribution is -2.55. The van der Waals surface area contributed by atoms with Crippen LogP contribution in [0.25, 0.3) is 0 Å². The Balaban J connectivity index is 1.59. The monoisotopic (exact) mass is 293 g/mol. The molecule has 0 radical (unpaired) electrons. The van der Waals surface area contributed by atoms with Gasteiger partial charge in [-0.2, -0.15) is 0 Å². The van der Waals surface area contributed by atoms with Crippen molar-refractivity contribution in [3.05, 3.63) is 0 Å². The molecule has 122 valence electrons. The molecule has 3 nitrogen and oxygen atoms in total. The number of fused-ring (bicyclic) bond motifs is 1. The van der Waals surface area contributed by atoms with E-state index in [9.17, 15) is 0 Å². The lowest BCUT2D eigenvalue weighted by molar-refractivity contribution is 0.0100. The van der Waals surface area contributed by atoms with Crippen LogP contribution in [-0.2, 0) is 0 Å². The van der Waals surface area contributed by atoms with Crippen LogP contribution >= 0.6 is 0 Å². The second-order valence-corrected chi connectivity index (χ2v) is 7.97. The van der Waals surface area contributed by atoms with E-state index in [1.165, 1.54) is 84.2 Å². The van der Waals surface area contributed by atoms with Crippen molar-refractivity contribution < 1.29 is 0 Å². The summed E-state index contributed by atoms with van der Waals surface area (Å²) in [6, 6.07) is 0.880. The zero-order chi connectivity index (χ0) is 14.7. The van der Waals surface area contributed by atoms with Gasteiger partial charge in [0.05, 0.1) is 0 Å². The molecule has 0 bridgehead atoms. The molecule has 0 aromatic heterocycles. The molecule has 3 heteroatoms. The van der Waals surface area contributed by atoms with Gasteiger partial charge >= 0.3 is 0 Å². The maximum absolute atomic E-state index is 3.56. The molecular weight excluding hydrogens is 258 g/mol. The molecule has 0 aliphatic carbocycles. The molecule has 21 heavy (non-hydrogen) atoms. The standard InChI is InChI=1S/C18H35N3/c1-3-7-18(8-10-19-11-9-18)15-21-13-6-17-16(14-21)5-4-12-20(17)2/h16-17,19H,3-15H2,1-2H3. The maximum atomic E-state index is 3.56. The highest BCUT2D eigenvalue weighted by molar-refractivity contribution is 4.93. The van der Waals surface area contributed by atoms with Gasteiger partial charge in [0.1, 0.15) is 0 Å². The van der Waals surface area contributed by atoms with Crippen LogP contribution in [0.2, 0.25) is 0 Å². The van der Waals surface area contributed by atoms with Crippen molar-refractivity contribution in [3.63, 3.8) is 0 Å². The minimum Gasteiger partial charge on any atom is -0.317 e. The van der Waals surface area contributed by atoms with E-state index in [4.69, 9.17) is 0 Å². The first-order chi connectivity index (χ1) is 10.2. The van der Waals surface area contributed by atoms with Crippen molar-refractivity contribution in [2.24, 2.45) is 11.3 Å². The molecule has 0 spiro atoms. The summed E-state index contributed by atoms with van der Waals surface area (Å²) in [6.45, 7) is 10.2. The third kappa shape index (κ3) is 3.62. The third-order valence-corrected chi connectivity index (χ3v) is 6.43. The van der Waals surface area contributed by atoms with Gasteiger partial charge in [-0.25, -0.2) is 0 Å². The van der Waals surface area contributed by atoms with Crippen LogP contribution in [0, 0.1) is 11.3 Å². The summed E-state index contributed by atoms with van der Waals surface area (Å²) < 4.78 is 0. The highest BCUT2D eigenvalue weighted by Crippen LogP contribution is 2.37. The number of hydrogen-bond donors (Lipinski definition) is 1. The SMILES string of the molecule is CCCC1(CN2CCC3C(CCCN3C)C2)CCNCC1. The van der Waals surface area contributed by atoms with Gasteiger partial charge in [0.15, 0.2) is 0 Å². The predicted octanol–water partition coefficient (Wildman–Crippen LogP) is 2.57. The van der Waals surface area contributed by atoms with Gasteiger partial charge in [-0.15, -0.1) is 0 Å². The molecule has 3 fully saturated rings. The van der Waals surface area contributed by atoms with Gasteiger partial charge in [-0.1, -0.05) is 13.3 Å². The average molecular weight is 293 g/mol. The summed E-state index contributed by atoms with van der Waals surface area (Å²) in [7, 11) is 2.35. The number of nitrogens with zero attached hydrogens (tertiary/aromatic N) is 2. The first-order valence-corrected chi connectivity index (χ1v) is 9.36. The van der Waals surface area contributed by atoms with Gasteiger partial charge in [0.2, 0.25) is 0 Å². The van der Waals surface area contributed by atoms with Gasteiger partial charge < -0.3 is 15.1 Å². The Bertz CT molecular complexity index is 319. The van der Waals surface area contributed by atoms with Crippen LogP contribution in [0.4, 0.5) is 0 Å². The summed E-state index contributed by atoms with van der Waals surface area (Å²) in [5, 5.41) is 3.56. The van der Waals surface area contributed by atoms with E-state index in [1.807, 2.05) is 0 Å². The third-order valence-electron chi connectivity index (χ3n) is 6.43. The second-order valence-electron chi connectivity index (χ2n) is 7.97. The Morgan fingerprint density at radius 1 is 1.14 bits per heavy atom. The largest absolute Gasteiger partial charge is 0.317 e. The Hall–Kier alpha value is -0.120. The maximum Gasteiger partial charge on any atom is 0.0145 e. The number of rotatable bonds is 4. The molecule has 2 unspecified atom stereocenters. The summed E-state index contributed by atoms with van der Waals surface area (Å²) >= 11 is 0. The lowest BCUT2D eigenvalue weighted by Gasteiger charge is -2.49. The fourth-order valence-corrected chi connectivity index (χ4v) is 5.32. The Kier molecular flexibility index (Phi) is 5.23. The Labute approximate surface area is 131 Å². The van der Waals surface area contributed by atoms with Crippen molar-refractivity contribution >= 4 is 0 Å². The van der Waals surface area contributed by atoms with Crippen LogP contribution in [0.3, 0.4) is 0 Å². The first kappa shape index (κ1) is 15.8. The number of hydrogen-bond acceptors (Lipinski definition) is 3. The van der Waals surface area contributed by atoms with Crippen LogP contribution in [0.1, 0.15) is 51.9 Å². The van der Waals surface area contributed by atoms with E-state index in [2.05, 4.69) is 29.1 Å².